The molecule has 2 N–H and O–H groups in total. The van der Waals surface area contributed by atoms with E-state index in [1.54, 1.807) is 31.2 Å². The molecule has 3 aromatic rings. The van der Waals surface area contributed by atoms with Gasteiger partial charge in [0, 0.05) is 11.4 Å². The Morgan fingerprint density at radius 1 is 0.947 bits per heavy atom. The predicted octanol–water partition coefficient (Wildman–Crippen LogP) is 3.72. The number of hydrogen-bond acceptors (Lipinski definition) is 6. The molecule has 1 aliphatic rings. The first-order valence-electron chi connectivity index (χ1n) is 11.9. The topological polar surface area (TPSA) is 118 Å². The van der Waals surface area contributed by atoms with Crippen LogP contribution in [0.3, 0.4) is 0 Å². The Morgan fingerprint density at radius 2 is 1.66 bits per heavy atom. The molecular formula is C29H27N3O6. The number of esters is 1. The summed E-state index contributed by atoms with van der Waals surface area (Å²) in [6.45, 7) is 3.86. The number of carbonyl (C=O) groups is 4. The summed E-state index contributed by atoms with van der Waals surface area (Å²) in [7, 11) is 1.26. The van der Waals surface area contributed by atoms with Crippen LogP contribution in [0.2, 0.25) is 0 Å². The van der Waals surface area contributed by atoms with Crippen molar-refractivity contribution in [3.8, 4) is 0 Å². The van der Waals surface area contributed by atoms with Crippen molar-refractivity contribution in [2.24, 2.45) is 0 Å². The van der Waals surface area contributed by atoms with Crippen LogP contribution in [-0.4, -0.2) is 35.7 Å². The van der Waals surface area contributed by atoms with Crippen LogP contribution in [0.1, 0.15) is 29.6 Å². The van der Waals surface area contributed by atoms with Crippen molar-refractivity contribution in [3.63, 3.8) is 0 Å². The van der Waals surface area contributed by atoms with Crippen LogP contribution in [0, 0.1) is 6.92 Å². The van der Waals surface area contributed by atoms with Gasteiger partial charge in [-0.25, -0.2) is 4.79 Å². The zero-order valence-corrected chi connectivity index (χ0v) is 21.2. The van der Waals surface area contributed by atoms with Gasteiger partial charge in [0.05, 0.1) is 31.3 Å². The lowest BCUT2D eigenvalue weighted by Crippen LogP contribution is -2.34. The molecule has 38 heavy (non-hydrogen) atoms. The van der Waals surface area contributed by atoms with Gasteiger partial charge in [0.15, 0.2) is 0 Å². The number of amides is 3. The second-order valence-corrected chi connectivity index (χ2v) is 8.69. The predicted molar refractivity (Wildman–Crippen MR) is 140 cm³/mol. The Balaban J connectivity index is 1.45. The van der Waals surface area contributed by atoms with Crippen LogP contribution in [0.5, 0.6) is 0 Å². The van der Waals surface area contributed by atoms with Crippen molar-refractivity contribution in [2.75, 3.05) is 12.4 Å². The van der Waals surface area contributed by atoms with Gasteiger partial charge in [0.25, 0.3) is 5.91 Å². The summed E-state index contributed by atoms with van der Waals surface area (Å²) in [5.41, 5.74) is 3.24. The van der Waals surface area contributed by atoms with Crippen LogP contribution in [0.15, 0.2) is 88.0 Å². The first kappa shape index (κ1) is 26.2. The SMILES string of the molecule is COC(=O)C1=C(C)N(Cc2ccccc2)C(=O)/C1=C/c1ccc(CNC(=O)C(=O)Nc2ccc(C)cc2)o1. The zero-order chi connectivity index (χ0) is 27.2. The van der Waals surface area contributed by atoms with Gasteiger partial charge in [-0.3, -0.25) is 14.4 Å². The van der Waals surface area contributed by atoms with Crippen molar-refractivity contribution >= 4 is 35.5 Å². The quantitative estimate of drug-likeness (QED) is 0.283. The number of methoxy groups -OCH3 is 1. The maximum Gasteiger partial charge on any atom is 0.340 e. The number of anilines is 1. The molecule has 0 atom stereocenters. The molecule has 9 nitrogen and oxygen atoms in total. The summed E-state index contributed by atoms with van der Waals surface area (Å²) in [5.74, 6) is -1.95. The van der Waals surface area contributed by atoms with Crippen LogP contribution < -0.4 is 10.6 Å². The molecule has 0 saturated carbocycles. The molecule has 9 heteroatoms. The number of allylic oxidation sites excluding steroid dienone is 1. The fourth-order valence-electron chi connectivity index (χ4n) is 3.97. The summed E-state index contributed by atoms with van der Waals surface area (Å²) in [4.78, 5) is 51.7. The minimum Gasteiger partial charge on any atom is -0.465 e. The smallest absolute Gasteiger partial charge is 0.340 e. The fourth-order valence-corrected chi connectivity index (χ4v) is 3.97. The lowest BCUT2D eigenvalue weighted by Gasteiger charge is -2.17. The van der Waals surface area contributed by atoms with Crippen molar-refractivity contribution in [1.29, 1.82) is 0 Å². The highest BCUT2D eigenvalue weighted by molar-refractivity contribution is 6.39. The minimum atomic E-state index is -0.823. The lowest BCUT2D eigenvalue weighted by molar-refractivity contribution is -0.136. The molecule has 194 valence electrons. The molecule has 2 heterocycles. The lowest BCUT2D eigenvalue weighted by atomic mass is 10.1. The van der Waals surface area contributed by atoms with E-state index in [2.05, 4.69) is 10.6 Å². The highest BCUT2D eigenvalue weighted by Crippen LogP contribution is 2.33. The Labute approximate surface area is 219 Å². The van der Waals surface area contributed by atoms with E-state index in [1.165, 1.54) is 18.1 Å². The highest BCUT2D eigenvalue weighted by atomic mass is 16.5. The van der Waals surface area contributed by atoms with Crippen molar-refractivity contribution < 1.29 is 28.3 Å². The number of nitrogens with one attached hydrogen (secondary N) is 2. The van der Waals surface area contributed by atoms with Crippen LogP contribution in [-0.2, 0) is 37.0 Å². The van der Waals surface area contributed by atoms with E-state index in [1.807, 2.05) is 49.4 Å². The van der Waals surface area contributed by atoms with Crippen LogP contribution >= 0.6 is 0 Å². The number of nitrogens with zero attached hydrogens (tertiary/aromatic N) is 1. The highest BCUT2D eigenvalue weighted by Gasteiger charge is 2.37. The van der Waals surface area contributed by atoms with Crippen LogP contribution in [0.25, 0.3) is 6.08 Å². The molecule has 0 fully saturated rings. The average Bonchev–Trinajstić information content (AvgIpc) is 3.46. The molecule has 0 bridgehead atoms. The first-order chi connectivity index (χ1) is 18.3. The fraction of sp³-hybridized carbons (Fsp3) is 0.172. The molecule has 0 aliphatic carbocycles. The second-order valence-electron chi connectivity index (χ2n) is 8.69. The molecule has 2 aromatic carbocycles. The number of hydrogen-bond donors (Lipinski definition) is 2. The molecule has 1 aromatic heterocycles. The van der Waals surface area contributed by atoms with E-state index >= 15 is 0 Å². The third-order valence-corrected chi connectivity index (χ3v) is 5.99. The number of benzene rings is 2. The van der Waals surface area contributed by atoms with Gasteiger partial charge in [-0.15, -0.1) is 0 Å². The normalized spacial score (nSPS) is 14.1. The summed E-state index contributed by atoms with van der Waals surface area (Å²) >= 11 is 0. The Hall–Kier alpha value is -4.92. The van der Waals surface area contributed by atoms with Crippen molar-refractivity contribution in [2.45, 2.75) is 26.9 Å². The van der Waals surface area contributed by atoms with E-state index < -0.39 is 17.8 Å². The third kappa shape index (κ3) is 5.89. The van der Waals surface area contributed by atoms with E-state index in [0.29, 0.717) is 29.4 Å². The molecule has 4 rings (SSSR count). The van der Waals surface area contributed by atoms with Gasteiger partial charge in [0.1, 0.15) is 11.5 Å². The van der Waals surface area contributed by atoms with Crippen molar-refractivity contribution in [1.82, 2.24) is 10.2 Å². The van der Waals surface area contributed by atoms with E-state index in [-0.39, 0.29) is 23.6 Å². The summed E-state index contributed by atoms with van der Waals surface area (Å²) in [5, 5.41) is 5.03. The minimum absolute atomic E-state index is 0.0455. The standard InChI is InChI=1S/C29H27N3O6/c1-18-9-11-21(12-10-18)31-27(34)26(33)30-16-23-14-13-22(38-23)15-24-25(29(36)37-3)19(2)32(28(24)35)17-20-7-5-4-6-8-20/h4-15H,16-17H2,1-3H3,(H,30,33)(H,31,34)/b24-15+. The second kappa shape index (κ2) is 11.4. The van der Waals surface area contributed by atoms with Gasteiger partial charge < -0.3 is 24.7 Å². The third-order valence-electron chi connectivity index (χ3n) is 5.99. The summed E-state index contributed by atoms with van der Waals surface area (Å²) < 4.78 is 10.7. The van der Waals surface area contributed by atoms with Gasteiger partial charge in [-0.1, -0.05) is 48.0 Å². The number of carbonyl (C=O) groups excluding carboxylic acids is 4. The number of furan rings is 1. The summed E-state index contributed by atoms with van der Waals surface area (Å²) in [6, 6.07) is 19.7. The maximum atomic E-state index is 13.3. The maximum absolute atomic E-state index is 13.3. The molecule has 1 aliphatic heterocycles. The Bertz CT molecular complexity index is 1430. The molecular weight excluding hydrogens is 486 g/mol. The van der Waals surface area contributed by atoms with Gasteiger partial charge in [0.2, 0.25) is 0 Å². The number of ether oxygens (including phenoxy) is 1. The van der Waals surface area contributed by atoms with Gasteiger partial charge in [-0.2, -0.15) is 0 Å². The summed E-state index contributed by atoms with van der Waals surface area (Å²) in [6.07, 6.45) is 1.47. The average molecular weight is 514 g/mol. The molecule has 0 spiro atoms. The number of aryl methyl sites for hydroxylation is 1. The number of rotatable bonds is 7. The first-order valence-corrected chi connectivity index (χ1v) is 11.9. The molecule has 0 saturated heterocycles. The van der Waals surface area contributed by atoms with E-state index in [0.717, 1.165) is 11.1 Å². The van der Waals surface area contributed by atoms with E-state index in [4.69, 9.17) is 9.15 Å². The van der Waals surface area contributed by atoms with Crippen molar-refractivity contribution in [3.05, 3.63) is 106 Å². The molecule has 0 unspecified atom stereocenters. The molecule has 0 radical (unpaired) electrons. The monoisotopic (exact) mass is 513 g/mol. The van der Waals surface area contributed by atoms with Gasteiger partial charge in [-0.05, 0) is 49.8 Å². The van der Waals surface area contributed by atoms with Gasteiger partial charge >= 0.3 is 17.8 Å². The van der Waals surface area contributed by atoms with E-state index in [9.17, 15) is 19.2 Å². The zero-order valence-electron chi connectivity index (χ0n) is 21.2. The largest absolute Gasteiger partial charge is 0.465 e. The molecule has 3 amide bonds. The Morgan fingerprint density at radius 3 is 2.34 bits per heavy atom. The van der Waals surface area contributed by atoms with Crippen LogP contribution in [0.4, 0.5) is 5.69 Å². The Kier molecular flexibility index (Phi) is 7.86.